The van der Waals surface area contributed by atoms with Gasteiger partial charge in [-0.3, -0.25) is 9.59 Å². The smallest absolute Gasteiger partial charge is 0.316 e. The van der Waals surface area contributed by atoms with Gasteiger partial charge < -0.3 is 4.74 Å². The van der Waals surface area contributed by atoms with Gasteiger partial charge in [0.15, 0.2) is 5.78 Å². The van der Waals surface area contributed by atoms with Crippen LogP contribution in [0.4, 0.5) is 0 Å². The topological polar surface area (TPSA) is 43.4 Å². The first-order chi connectivity index (χ1) is 8.54. The molecule has 4 unspecified atom stereocenters. The predicted octanol–water partition coefficient (Wildman–Crippen LogP) is 2.83. The van der Waals surface area contributed by atoms with Gasteiger partial charge in [0.1, 0.15) is 5.92 Å². The van der Waals surface area contributed by atoms with E-state index < -0.39 is 5.92 Å². The molecule has 0 aromatic rings. The zero-order chi connectivity index (χ0) is 13.3. The molecule has 4 atom stereocenters. The summed E-state index contributed by atoms with van der Waals surface area (Å²) in [5.74, 6) is 0.721. The maximum atomic E-state index is 12.6. The van der Waals surface area contributed by atoms with Gasteiger partial charge >= 0.3 is 5.97 Å². The lowest BCUT2D eigenvalue weighted by atomic mass is 9.77. The Hall–Kier alpha value is -0.860. The molecule has 0 amide bonds. The van der Waals surface area contributed by atoms with Crippen LogP contribution in [0.2, 0.25) is 0 Å². The van der Waals surface area contributed by atoms with Crippen molar-refractivity contribution < 1.29 is 14.3 Å². The minimum Gasteiger partial charge on any atom is -0.465 e. The lowest BCUT2D eigenvalue weighted by Crippen LogP contribution is -2.36. The van der Waals surface area contributed by atoms with Gasteiger partial charge in [-0.05, 0) is 43.9 Å². The Kier molecular flexibility index (Phi) is 4.08. The van der Waals surface area contributed by atoms with Crippen LogP contribution in [0.1, 0.15) is 46.5 Å². The maximum absolute atomic E-state index is 12.6. The van der Waals surface area contributed by atoms with E-state index in [0.717, 1.165) is 12.3 Å². The van der Waals surface area contributed by atoms with E-state index in [9.17, 15) is 9.59 Å². The molecule has 0 saturated heterocycles. The van der Waals surface area contributed by atoms with Gasteiger partial charge in [-0.15, -0.1) is 0 Å². The molecular weight excluding hydrogens is 228 g/mol. The maximum Gasteiger partial charge on any atom is 0.316 e. The number of hydrogen-bond donors (Lipinski definition) is 0. The number of Topliss-reactive ketones (excluding diaryl/α,β-unsaturated/α-hetero) is 1. The van der Waals surface area contributed by atoms with E-state index in [1.165, 1.54) is 19.3 Å². The Labute approximate surface area is 109 Å². The zero-order valence-corrected chi connectivity index (χ0v) is 11.6. The second kappa shape index (κ2) is 5.41. The highest BCUT2D eigenvalue weighted by molar-refractivity contribution is 6.00. The average Bonchev–Trinajstić information content (AvgIpc) is 2.90. The summed E-state index contributed by atoms with van der Waals surface area (Å²) in [5.41, 5.74) is 0. The molecule has 102 valence electrons. The van der Waals surface area contributed by atoms with Crippen LogP contribution >= 0.6 is 0 Å². The molecule has 0 radical (unpaired) electrons. The fourth-order valence-corrected chi connectivity index (χ4v) is 3.77. The van der Waals surface area contributed by atoms with Gasteiger partial charge in [0.2, 0.25) is 0 Å². The lowest BCUT2D eigenvalue weighted by Gasteiger charge is -2.26. The minimum absolute atomic E-state index is 0.0377. The van der Waals surface area contributed by atoms with Gasteiger partial charge in [0, 0.05) is 5.92 Å². The molecule has 0 aromatic heterocycles. The molecule has 0 N–H and O–H groups in total. The molecule has 0 aliphatic heterocycles. The van der Waals surface area contributed by atoms with Crippen LogP contribution in [-0.4, -0.2) is 18.4 Å². The highest BCUT2D eigenvalue weighted by atomic mass is 16.5. The predicted molar refractivity (Wildman–Crippen MR) is 68.9 cm³/mol. The summed E-state index contributed by atoms with van der Waals surface area (Å²) in [7, 11) is 0. The Morgan fingerprint density at radius 1 is 1.22 bits per heavy atom. The molecule has 2 aliphatic rings. The van der Waals surface area contributed by atoms with Crippen molar-refractivity contribution in [2.75, 3.05) is 6.61 Å². The summed E-state index contributed by atoms with van der Waals surface area (Å²) < 4.78 is 5.07. The summed E-state index contributed by atoms with van der Waals surface area (Å²) in [6.45, 7) is 6.02. The molecule has 3 heteroatoms. The molecule has 18 heavy (non-hydrogen) atoms. The Morgan fingerprint density at radius 2 is 1.94 bits per heavy atom. The van der Waals surface area contributed by atoms with E-state index in [1.54, 1.807) is 6.92 Å². The van der Waals surface area contributed by atoms with Crippen LogP contribution in [-0.2, 0) is 14.3 Å². The van der Waals surface area contributed by atoms with Crippen molar-refractivity contribution in [2.45, 2.75) is 46.5 Å². The Bertz CT molecular complexity index is 335. The van der Waals surface area contributed by atoms with Crippen molar-refractivity contribution in [3.8, 4) is 0 Å². The van der Waals surface area contributed by atoms with E-state index >= 15 is 0 Å². The SMILES string of the molecule is CCOC(=O)C(C(=O)C1CC2CCC1C2)C(C)C. The molecule has 0 heterocycles. The normalized spacial score (nSPS) is 31.7. The third-order valence-corrected chi connectivity index (χ3v) is 4.62. The van der Waals surface area contributed by atoms with Gasteiger partial charge in [-0.2, -0.15) is 0 Å². The summed E-state index contributed by atoms with van der Waals surface area (Å²) in [6.07, 6.45) is 4.66. The van der Waals surface area contributed by atoms with Crippen molar-refractivity contribution in [2.24, 2.45) is 29.6 Å². The van der Waals surface area contributed by atoms with Gasteiger partial charge in [0.05, 0.1) is 6.61 Å². The second-order valence-electron chi connectivity index (χ2n) is 6.16. The van der Waals surface area contributed by atoms with Gasteiger partial charge in [0.25, 0.3) is 0 Å². The van der Waals surface area contributed by atoms with Crippen LogP contribution in [0.25, 0.3) is 0 Å². The van der Waals surface area contributed by atoms with E-state index in [2.05, 4.69) is 0 Å². The van der Waals surface area contributed by atoms with Crippen molar-refractivity contribution in [3.63, 3.8) is 0 Å². The molecule has 2 bridgehead atoms. The largest absolute Gasteiger partial charge is 0.465 e. The van der Waals surface area contributed by atoms with Crippen LogP contribution in [0.15, 0.2) is 0 Å². The number of ketones is 1. The number of hydrogen-bond acceptors (Lipinski definition) is 3. The zero-order valence-electron chi connectivity index (χ0n) is 11.6. The first kappa shape index (κ1) is 13.6. The number of ether oxygens (including phenoxy) is 1. The molecule has 3 nitrogen and oxygen atoms in total. The first-order valence-electron chi connectivity index (χ1n) is 7.25. The first-order valence-corrected chi connectivity index (χ1v) is 7.25. The Balaban J connectivity index is 2.06. The number of carbonyl (C=O) groups is 2. The third-order valence-electron chi connectivity index (χ3n) is 4.62. The molecule has 0 spiro atoms. The molecule has 2 saturated carbocycles. The van der Waals surface area contributed by atoms with Crippen LogP contribution < -0.4 is 0 Å². The van der Waals surface area contributed by atoms with Crippen molar-refractivity contribution in [1.82, 2.24) is 0 Å². The van der Waals surface area contributed by atoms with Crippen molar-refractivity contribution >= 4 is 11.8 Å². The van der Waals surface area contributed by atoms with E-state index in [0.29, 0.717) is 12.5 Å². The molecule has 2 rings (SSSR count). The number of rotatable bonds is 5. The van der Waals surface area contributed by atoms with E-state index in [1.807, 2.05) is 13.8 Å². The third kappa shape index (κ3) is 2.45. The number of fused-ring (bicyclic) bond motifs is 2. The highest BCUT2D eigenvalue weighted by Gasteiger charge is 2.46. The highest BCUT2D eigenvalue weighted by Crippen LogP contribution is 2.49. The summed E-state index contributed by atoms with van der Waals surface area (Å²) >= 11 is 0. The molecule has 0 aromatic carbocycles. The van der Waals surface area contributed by atoms with Crippen LogP contribution in [0, 0.1) is 29.6 Å². The average molecular weight is 252 g/mol. The van der Waals surface area contributed by atoms with E-state index in [4.69, 9.17) is 4.74 Å². The number of esters is 1. The summed E-state index contributed by atoms with van der Waals surface area (Å²) in [6, 6.07) is 0. The summed E-state index contributed by atoms with van der Waals surface area (Å²) in [5, 5.41) is 0. The minimum atomic E-state index is -0.547. The van der Waals surface area contributed by atoms with Gasteiger partial charge in [-0.1, -0.05) is 20.3 Å². The molecule has 2 aliphatic carbocycles. The summed E-state index contributed by atoms with van der Waals surface area (Å²) in [4.78, 5) is 24.5. The quantitative estimate of drug-likeness (QED) is 0.558. The van der Waals surface area contributed by atoms with E-state index in [-0.39, 0.29) is 23.6 Å². The van der Waals surface area contributed by atoms with Crippen molar-refractivity contribution in [3.05, 3.63) is 0 Å². The fraction of sp³-hybridized carbons (Fsp3) is 0.867. The van der Waals surface area contributed by atoms with Gasteiger partial charge in [-0.25, -0.2) is 0 Å². The molecular formula is C15H24O3. The fourth-order valence-electron chi connectivity index (χ4n) is 3.77. The second-order valence-corrected chi connectivity index (χ2v) is 6.16. The standard InChI is InChI=1S/C15H24O3/c1-4-18-15(17)13(9(2)3)14(16)12-8-10-5-6-11(12)7-10/h9-13H,4-8H2,1-3H3. The van der Waals surface area contributed by atoms with Crippen molar-refractivity contribution in [1.29, 1.82) is 0 Å². The lowest BCUT2D eigenvalue weighted by molar-refractivity contribution is -0.155. The van der Waals surface area contributed by atoms with Crippen LogP contribution in [0.5, 0.6) is 0 Å². The number of carbonyl (C=O) groups excluding carboxylic acids is 2. The van der Waals surface area contributed by atoms with Crippen LogP contribution in [0.3, 0.4) is 0 Å². The molecule has 2 fully saturated rings. The monoisotopic (exact) mass is 252 g/mol. The Morgan fingerprint density at radius 3 is 2.39 bits per heavy atom.